The molecule has 4 heterocycles. The molecule has 2 atom stereocenters. The highest BCUT2D eigenvalue weighted by Crippen LogP contribution is 2.43. The summed E-state index contributed by atoms with van der Waals surface area (Å²) in [6, 6.07) is 6.06. The van der Waals surface area contributed by atoms with Crippen molar-refractivity contribution in [1.29, 1.82) is 0 Å². The fourth-order valence-electron chi connectivity index (χ4n) is 7.37. The lowest BCUT2D eigenvalue weighted by atomic mass is 9.43. The molecule has 0 bridgehead atoms. The zero-order chi connectivity index (χ0) is 31.6. The number of aromatic nitrogens is 2. The van der Waals surface area contributed by atoms with E-state index in [1.165, 1.54) is 0 Å². The number of likely N-dealkylation sites (N-methyl/N-ethyl adjacent to an activating group) is 1. The van der Waals surface area contributed by atoms with Crippen LogP contribution in [0.25, 0.3) is 0 Å². The number of carbonyl (C=O) groups is 1. The molecule has 1 aromatic carbocycles. The molecule has 1 aromatic heterocycles. The minimum atomic E-state index is -0.930. The van der Waals surface area contributed by atoms with Crippen molar-refractivity contribution in [3.05, 3.63) is 29.6 Å². The van der Waals surface area contributed by atoms with Crippen LogP contribution in [0.2, 0.25) is 5.21 Å². The minimum Gasteiger partial charge on any atom is -0.495 e. The summed E-state index contributed by atoms with van der Waals surface area (Å²) < 4.78 is 11.4. The number of nitrogens with zero attached hydrogens (tertiary/aromatic N) is 5. The van der Waals surface area contributed by atoms with Crippen LogP contribution in [0.15, 0.2) is 18.2 Å². The largest absolute Gasteiger partial charge is 0.495 e. The first-order chi connectivity index (χ1) is 20.9. The molecular weight excluding hydrogens is 557 g/mol. The number of aliphatic hydroxyl groups is 1. The first-order valence-corrected chi connectivity index (χ1v) is 15.8. The van der Waals surface area contributed by atoms with E-state index >= 15 is 0 Å². The maximum absolute atomic E-state index is 12.4. The fourth-order valence-corrected chi connectivity index (χ4v) is 7.37. The SMILES string of the molecule is BC1(B)CN(c2ccc(Nc3nc(NC4CCOCC4)c(CC)nc3C(N)=O)cc2OC)CC(B)(O)C1N1CCN(C)CC1. The van der Waals surface area contributed by atoms with Gasteiger partial charge in [0.15, 0.2) is 17.3 Å². The Hall–Kier alpha value is -3.00. The van der Waals surface area contributed by atoms with Crippen LogP contribution in [0.3, 0.4) is 0 Å². The van der Waals surface area contributed by atoms with Crippen LogP contribution in [0.4, 0.5) is 23.0 Å². The molecule has 5 rings (SSSR count). The van der Waals surface area contributed by atoms with Crippen LogP contribution in [-0.4, -0.2) is 139 Å². The molecule has 0 aliphatic carbocycles. The van der Waals surface area contributed by atoms with E-state index < -0.39 is 11.4 Å². The Bertz CT molecular complexity index is 1320. The van der Waals surface area contributed by atoms with Gasteiger partial charge in [0.25, 0.3) is 5.91 Å². The molecule has 3 saturated heterocycles. The third-order valence-electron chi connectivity index (χ3n) is 9.22. The van der Waals surface area contributed by atoms with Crippen LogP contribution in [0, 0.1) is 0 Å². The highest BCUT2D eigenvalue weighted by atomic mass is 16.5. The average Bonchev–Trinajstić information content (AvgIpc) is 2.97. The van der Waals surface area contributed by atoms with Crippen molar-refractivity contribution in [3.8, 4) is 5.75 Å². The number of piperazine rings is 1. The number of nitrogens with two attached hydrogens (primary N) is 1. The Morgan fingerprint density at radius 3 is 2.45 bits per heavy atom. The molecule has 44 heavy (non-hydrogen) atoms. The first-order valence-electron chi connectivity index (χ1n) is 15.8. The Morgan fingerprint density at radius 1 is 1.14 bits per heavy atom. The summed E-state index contributed by atoms with van der Waals surface area (Å²) in [6.45, 7) is 8.53. The van der Waals surface area contributed by atoms with Gasteiger partial charge in [-0.05, 0) is 38.4 Å². The summed E-state index contributed by atoms with van der Waals surface area (Å²) in [5.74, 6) is 0.932. The van der Waals surface area contributed by atoms with Crippen molar-refractivity contribution in [2.75, 3.05) is 82.2 Å². The standard InChI is InChI=1S/C29H47B3N8O4/c1-4-20-25(34-18-7-13-44-14-8-18)37-26(23(36-20)24(33)41)35-19-5-6-21(22(15-19)43-3)40-16-28(30,31)27(29(32,42)17-40)39-11-9-38(2)10-12-39/h5-6,15,18,27,42H,4,7-14,16-17,30-32H2,1-3H3,(H2,33,41)(H2,34,35,37). The lowest BCUT2D eigenvalue weighted by Gasteiger charge is -2.58. The quantitative estimate of drug-likeness (QED) is 0.252. The summed E-state index contributed by atoms with van der Waals surface area (Å²) in [5.41, 5.74) is 7.18. The van der Waals surface area contributed by atoms with Crippen molar-refractivity contribution < 1.29 is 19.4 Å². The van der Waals surface area contributed by atoms with Gasteiger partial charge in [0.1, 0.15) is 29.3 Å². The molecule has 3 aliphatic heterocycles. The topological polar surface area (TPSA) is 141 Å². The molecular formula is C29H47B3N8O4. The van der Waals surface area contributed by atoms with Gasteiger partial charge in [-0.2, -0.15) is 0 Å². The van der Waals surface area contributed by atoms with Gasteiger partial charge < -0.3 is 40.7 Å². The zero-order valence-corrected chi connectivity index (χ0v) is 27.2. The molecule has 12 nitrogen and oxygen atoms in total. The maximum atomic E-state index is 12.4. The number of ether oxygens (including phenoxy) is 2. The molecule has 236 valence electrons. The normalized spacial score (nSPS) is 25.0. The lowest BCUT2D eigenvalue weighted by molar-refractivity contribution is -0.0189. The number of primary amides is 1. The molecule has 2 unspecified atom stereocenters. The molecule has 15 heteroatoms. The Kier molecular flexibility index (Phi) is 9.69. The summed E-state index contributed by atoms with van der Waals surface area (Å²) in [4.78, 5) is 28.9. The number of benzene rings is 1. The van der Waals surface area contributed by atoms with E-state index in [1.54, 1.807) is 7.11 Å². The van der Waals surface area contributed by atoms with Gasteiger partial charge in [-0.25, -0.2) is 9.97 Å². The summed E-state index contributed by atoms with van der Waals surface area (Å²) >= 11 is 0. The summed E-state index contributed by atoms with van der Waals surface area (Å²) in [7, 11) is 10.2. The molecule has 3 aliphatic rings. The summed E-state index contributed by atoms with van der Waals surface area (Å²) in [5, 5.41) is 18.5. The van der Waals surface area contributed by atoms with Crippen LogP contribution in [-0.2, 0) is 11.2 Å². The van der Waals surface area contributed by atoms with Crippen molar-refractivity contribution in [2.24, 2.45) is 5.73 Å². The second-order valence-electron chi connectivity index (χ2n) is 13.4. The summed E-state index contributed by atoms with van der Waals surface area (Å²) in [6.07, 6.45) is 2.35. The number of methoxy groups -OCH3 is 1. The molecule has 0 saturated carbocycles. The molecule has 0 spiro atoms. The second-order valence-corrected chi connectivity index (χ2v) is 13.4. The number of aryl methyl sites for hydroxylation is 1. The second kappa shape index (κ2) is 13.2. The van der Waals surface area contributed by atoms with Crippen LogP contribution >= 0.6 is 0 Å². The van der Waals surface area contributed by atoms with Gasteiger partial charge in [-0.3, -0.25) is 9.69 Å². The number of piperidine rings is 1. The van der Waals surface area contributed by atoms with Gasteiger partial charge in [0, 0.05) is 76.3 Å². The smallest absolute Gasteiger partial charge is 0.271 e. The molecule has 3 fully saturated rings. The lowest BCUT2D eigenvalue weighted by Crippen LogP contribution is -2.71. The van der Waals surface area contributed by atoms with E-state index in [9.17, 15) is 9.90 Å². The van der Waals surface area contributed by atoms with Crippen LogP contribution in [0.5, 0.6) is 5.75 Å². The fraction of sp³-hybridized carbons (Fsp3) is 0.621. The predicted molar refractivity (Wildman–Crippen MR) is 182 cm³/mol. The molecule has 1 amide bonds. The predicted octanol–water partition coefficient (Wildman–Crippen LogP) is -1.38. The molecule has 5 N–H and O–H groups in total. The van der Waals surface area contributed by atoms with Gasteiger partial charge in [-0.1, -0.05) is 12.1 Å². The number of hydrogen-bond acceptors (Lipinski definition) is 11. The molecule has 2 aromatic rings. The highest BCUT2D eigenvalue weighted by Gasteiger charge is 2.51. The van der Waals surface area contributed by atoms with Crippen LogP contribution in [0.1, 0.15) is 35.9 Å². The van der Waals surface area contributed by atoms with Crippen molar-refractivity contribution in [1.82, 2.24) is 19.8 Å². The van der Waals surface area contributed by atoms with E-state index in [4.69, 9.17) is 20.2 Å². The van der Waals surface area contributed by atoms with E-state index in [0.717, 1.165) is 51.3 Å². The van der Waals surface area contributed by atoms with Gasteiger partial charge in [0.05, 0.1) is 24.0 Å². The number of anilines is 4. The van der Waals surface area contributed by atoms with Gasteiger partial charge >= 0.3 is 0 Å². The number of β-amino-alcohol motifs (C(OH)–C–C–N with tert-alkyl or cyclic N) is 1. The molecule has 0 radical (unpaired) electrons. The van der Waals surface area contributed by atoms with E-state index in [0.29, 0.717) is 49.1 Å². The first kappa shape index (κ1) is 32.4. The van der Waals surface area contributed by atoms with Gasteiger partial charge in [0.2, 0.25) is 0 Å². The zero-order valence-electron chi connectivity index (χ0n) is 27.2. The number of amides is 1. The van der Waals surface area contributed by atoms with Crippen LogP contribution < -0.4 is 26.0 Å². The Morgan fingerprint density at radius 2 is 1.84 bits per heavy atom. The number of carbonyl (C=O) groups excluding carboxylic acids is 1. The average molecular weight is 604 g/mol. The van der Waals surface area contributed by atoms with Crippen molar-refractivity contribution >= 4 is 52.5 Å². The third-order valence-corrected chi connectivity index (χ3v) is 9.22. The Labute approximate surface area is 263 Å². The van der Waals surface area contributed by atoms with E-state index in [1.807, 2.05) is 33.0 Å². The monoisotopic (exact) mass is 604 g/mol. The van der Waals surface area contributed by atoms with Crippen molar-refractivity contribution in [2.45, 2.75) is 49.0 Å². The number of nitrogens with one attached hydrogen (secondary N) is 2. The third kappa shape index (κ3) is 6.95. The van der Waals surface area contributed by atoms with Gasteiger partial charge in [-0.15, -0.1) is 0 Å². The number of rotatable bonds is 9. The maximum Gasteiger partial charge on any atom is 0.271 e. The minimum absolute atomic E-state index is 0.0349. The Balaban J connectivity index is 1.40. The highest BCUT2D eigenvalue weighted by molar-refractivity contribution is 6.41. The number of hydrogen-bond donors (Lipinski definition) is 4. The van der Waals surface area contributed by atoms with Crippen molar-refractivity contribution in [3.63, 3.8) is 0 Å². The van der Waals surface area contributed by atoms with E-state index in [-0.39, 0.29) is 28.8 Å². The van der Waals surface area contributed by atoms with E-state index in [2.05, 4.69) is 53.1 Å².